The number of benzene rings is 2. The van der Waals surface area contributed by atoms with Gasteiger partial charge in [0, 0.05) is 35.3 Å². The van der Waals surface area contributed by atoms with Crippen LogP contribution in [0.15, 0.2) is 35.2 Å². The number of nitrogens with zero attached hydrogens (tertiary/aromatic N) is 1. The monoisotopic (exact) mass is 426 g/mol. The van der Waals surface area contributed by atoms with Gasteiger partial charge in [0.2, 0.25) is 5.91 Å². The Hall–Kier alpha value is -2.01. The molecule has 1 saturated carbocycles. The van der Waals surface area contributed by atoms with Crippen molar-refractivity contribution >= 4 is 29.0 Å². The molecule has 0 spiro atoms. The van der Waals surface area contributed by atoms with E-state index in [1.807, 2.05) is 17.8 Å². The number of hydrogen-bond donors (Lipinski definition) is 1. The second-order valence-corrected chi connectivity index (χ2v) is 11.2. The highest BCUT2D eigenvalue weighted by molar-refractivity contribution is 8.00. The van der Waals surface area contributed by atoms with Gasteiger partial charge >= 0.3 is 0 Å². The highest BCUT2D eigenvalue weighted by atomic mass is 32.2. The maximum Gasteiger partial charge on any atom is 0.224 e. The SMILES string of the molecule is Cc1cc(N2CCc3cc(F)ccc3C2)cc(SC2CC2)c1NC(=O)CC(C)(C)C. The van der Waals surface area contributed by atoms with Gasteiger partial charge in [-0.2, -0.15) is 0 Å². The summed E-state index contributed by atoms with van der Waals surface area (Å²) in [5, 5.41) is 3.86. The molecule has 5 heteroatoms. The molecule has 2 aromatic rings. The third-order valence-electron chi connectivity index (χ3n) is 5.60. The molecule has 2 aliphatic rings. The number of fused-ring (bicyclic) bond motifs is 1. The molecular formula is C25H31FN2OS. The van der Waals surface area contributed by atoms with Crippen LogP contribution in [-0.2, 0) is 17.8 Å². The number of anilines is 2. The second-order valence-electron chi connectivity index (χ2n) is 9.82. The Morgan fingerprint density at radius 1 is 1.20 bits per heavy atom. The quantitative estimate of drug-likeness (QED) is 0.607. The summed E-state index contributed by atoms with van der Waals surface area (Å²) in [6.45, 7) is 10.0. The summed E-state index contributed by atoms with van der Waals surface area (Å²) in [7, 11) is 0. The minimum Gasteiger partial charge on any atom is -0.367 e. The highest BCUT2D eigenvalue weighted by Crippen LogP contribution is 2.45. The Kier molecular flexibility index (Phi) is 5.84. The van der Waals surface area contributed by atoms with Gasteiger partial charge in [0.25, 0.3) is 0 Å². The number of rotatable bonds is 5. The standard InChI is InChI=1S/C25H31FN2OS/c1-16-11-20(28-10-9-17-12-19(26)6-5-18(17)15-28)13-22(30-21-7-8-21)24(16)27-23(29)14-25(2,3)4/h5-6,11-13,21H,7-10,14-15H2,1-4H3,(H,27,29). The Morgan fingerprint density at radius 2 is 1.97 bits per heavy atom. The third-order valence-corrected chi connectivity index (χ3v) is 6.98. The fraction of sp³-hybridized carbons (Fsp3) is 0.480. The number of carbonyl (C=O) groups is 1. The molecule has 4 rings (SSSR count). The molecule has 1 amide bonds. The summed E-state index contributed by atoms with van der Waals surface area (Å²) in [5.74, 6) is -0.0820. The van der Waals surface area contributed by atoms with E-state index >= 15 is 0 Å². The lowest BCUT2D eigenvalue weighted by atomic mass is 9.92. The van der Waals surface area contributed by atoms with E-state index in [1.165, 1.54) is 29.0 Å². The molecule has 3 nitrogen and oxygen atoms in total. The summed E-state index contributed by atoms with van der Waals surface area (Å²) in [5.41, 5.74) is 5.51. The molecule has 1 aliphatic heterocycles. The largest absolute Gasteiger partial charge is 0.367 e. The topological polar surface area (TPSA) is 32.3 Å². The molecule has 0 radical (unpaired) electrons. The fourth-order valence-electron chi connectivity index (χ4n) is 3.94. The van der Waals surface area contributed by atoms with Crippen LogP contribution in [0.25, 0.3) is 0 Å². The van der Waals surface area contributed by atoms with Crippen molar-refractivity contribution in [2.45, 2.75) is 70.1 Å². The second kappa shape index (κ2) is 8.26. The molecule has 0 unspecified atom stereocenters. The normalized spacial score (nSPS) is 16.4. The van der Waals surface area contributed by atoms with Crippen LogP contribution in [0.5, 0.6) is 0 Å². The predicted octanol–water partition coefficient (Wildman–Crippen LogP) is 6.33. The van der Waals surface area contributed by atoms with Crippen LogP contribution in [-0.4, -0.2) is 17.7 Å². The van der Waals surface area contributed by atoms with E-state index in [9.17, 15) is 9.18 Å². The first-order valence-corrected chi connectivity index (χ1v) is 11.7. The van der Waals surface area contributed by atoms with Gasteiger partial charge in [-0.25, -0.2) is 4.39 Å². The van der Waals surface area contributed by atoms with Gasteiger partial charge in [0.15, 0.2) is 0 Å². The van der Waals surface area contributed by atoms with E-state index in [0.29, 0.717) is 11.7 Å². The molecule has 1 N–H and O–H groups in total. The molecule has 160 valence electrons. The Labute approximate surface area is 183 Å². The summed E-state index contributed by atoms with van der Waals surface area (Å²) < 4.78 is 13.5. The van der Waals surface area contributed by atoms with E-state index in [-0.39, 0.29) is 17.1 Å². The summed E-state index contributed by atoms with van der Waals surface area (Å²) >= 11 is 1.89. The molecule has 2 aromatic carbocycles. The average Bonchev–Trinajstić information content (AvgIpc) is 3.46. The number of nitrogens with one attached hydrogen (secondary N) is 1. The van der Waals surface area contributed by atoms with Crippen LogP contribution in [0.3, 0.4) is 0 Å². The van der Waals surface area contributed by atoms with Crippen LogP contribution >= 0.6 is 11.8 Å². The number of amides is 1. The Morgan fingerprint density at radius 3 is 2.67 bits per heavy atom. The number of halogens is 1. The van der Waals surface area contributed by atoms with Gasteiger partial charge in [-0.15, -0.1) is 11.8 Å². The average molecular weight is 427 g/mol. The van der Waals surface area contributed by atoms with E-state index in [2.05, 4.69) is 50.0 Å². The number of carbonyl (C=O) groups excluding carboxylic acids is 1. The minimum absolute atomic E-state index is 0.0393. The van der Waals surface area contributed by atoms with Crippen LogP contribution in [0.4, 0.5) is 15.8 Å². The van der Waals surface area contributed by atoms with E-state index in [1.54, 1.807) is 12.1 Å². The van der Waals surface area contributed by atoms with Crippen molar-refractivity contribution in [1.29, 1.82) is 0 Å². The first kappa shape index (κ1) is 21.2. The van der Waals surface area contributed by atoms with Crippen molar-refractivity contribution in [3.05, 3.63) is 52.8 Å². The van der Waals surface area contributed by atoms with Crippen molar-refractivity contribution in [2.24, 2.45) is 5.41 Å². The molecule has 0 saturated heterocycles. The molecule has 30 heavy (non-hydrogen) atoms. The van der Waals surface area contributed by atoms with Crippen molar-refractivity contribution in [1.82, 2.24) is 0 Å². The fourth-order valence-corrected chi connectivity index (χ4v) is 5.19. The Bertz CT molecular complexity index is 962. The molecule has 0 bridgehead atoms. The van der Waals surface area contributed by atoms with E-state index < -0.39 is 0 Å². The Balaban J connectivity index is 1.60. The van der Waals surface area contributed by atoms with Gasteiger partial charge in [-0.1, -0.05) is 26.8 Å². The lowest BCUT2D eigenvalue weighted by Gasteiger charge is -2.32. The zero-order chi connectivity index (χ0) is 21.5. The van der Waals surface area contributed by atoms with Gasteiger partial charge in [-0.05, 0) is 72.6 Å². The van der Waals surface area contributed by atoms with Crippen LogP contribution < -0.4 is 10.2 Å². The molecule has 0 atom stereocenters. The minimum atomic E-state index is -0.156. The van der Waals surface area contributed by atoms with Gasteiger partial charge < -0.3 is 10.2 Å². The molecule has 1 heterocycles. The first-order chi connectivity index (χ1) is 14.2. The first-order valence-electron chi connectivity index (χ1n) is 10.8. The zero-order valence-electron chi connectivity index (χ0n) is 18.3. The number of thioether (sulfide) groups is 1. The zero-order valence-corrected chi connectivity index (χ0v) is 19.2. The van der Waals surface area contributed by atoms with Gasteiger partial charge in [-0.3, -0.25) is 4.79 Å². The molecule has 1 aliphatic carbocycles. The third kappa shape index (κ3) is 5.18. The van der Waals surface area contributed by atoms with E-state index in [4.69, 9.17) is 0 Å². The number of hydrogen-bond acceptors (Lipinski definition) is 3. The summed E-state index contributed by atoms with van der Waals surface area (Å²) in [6, 6.07) is 9.54. The van der Waals surface area contributed by atoms with E-state index in [0.717, 1.165) is 36.3 Å². The van der Waals surface area contributed by atoms with Crippen LogP contribution in [0.1, 0.15) is 56.7 Å². The van der Waals surface area contributed by atoms with Gasteiger partial charge in [0.1, 0.15) is 5.82 Å². The smallest absolute Gasteiger partial charge is 0.224 e. The van der Waals surface area contributed by atoms with Crippen molar-refractivity contribution in [3.63, 3.8) is 0 Å². The molecule has 0 aromatic heterocycles. The summed E-state index contributed by atoms with van der Waals surface area (Å²) in [6.07, 6.45) is 3.83. The molecule has 1 fully saturated rings. The molecular weight excluding hydrogens is 395 g/mol. The van der Waals surface area contributed by atoms with Crippen molar-refractivity contribution < 1.29 is 9.18 Å². The van der Waals surface area contributed by atoms with Crippen LogP contribution in [0, 0.1) is 18.2 Å². The highest BCUT2D eigenvalue weighted by Gasteiger charge is 2.27. The van der Waals surface area contributed by atoms with Crippen molar-refractivity contribution in [3.8, 4) is 0 Å². The maximum absolute atomic E-state index is 13.5. The lowest BCUT2D eigenvalue weighted by molar-refractivity contribution is -0.117. The summed E-state index contributed by atoms with van der Waals surface area (Å²) in [4.78, 5) is 16.2. The van der Waals surface area contributed by atoms with Crippen LogP contribution in [0.2, 0.25) is 0 Å². The van der Waals surface area contributed by atoms with Gasteiger partial charge in [0.05, 0.1) is 5.69 Å². The van der Waals surface area contributed by atoms with Crippen molar-refractivity contribution in [2.75, 3.05) is 16.8 Å². The number of aryl methyl sites for hydroxylation is 1. The lowest BCUT2D eigenvalue weighted by Crippen LogP contribution is -2.30. The predicted molar refractivity (Wildman–Crippen MR) is 124 cm³/mol. The maximum atomic E-state index is 13.5.